The highest BCUT2D eigenvalue weighted by Crippen LogP contribution is 2.50. The Balaban J connectivity index is 2.06. The molecule has 0 aromatic heterocycles. The second-order valence-corrected chi connectivity index (χ2v) is 4.75. The van der Waals surface area contributed by atoms with E-state index in [-0.39, 0.29) is 17.4 Å². The number of carbonyl (C=O) groups is 1. The number of anilines is 1. The minimum atomic E-state index is -0.359. The maximum atomic E-state index is 11.5. The Labute approximate surface area is 98.7 Å². The van der Waals surface area contributed by atoms with Crippen LogP contribution in [0.15, 0.2) is 23.2 Å². The highest BCUT2D eigenvalue weighted by atomic mass is 16.2. The van der Waals surface area contributed by atoms with Gasteiger partial charge in [-0.2, -0.15) is 4.99 Å². The summed E-state index contributed by atoms with van der Waals surface area (Å²) in [6, 6.07) is 5.82. The maximum absolute atomic E-state index is 11.5. The Bertz CT molecular complexity index is 555. The maximum Gasteiger partial charge on any atom is 0.235 e. The Kier molecular flexibility index (Phi) is 1.98. The van der Waals surface area contributed by atoms with E-state index in [0.717, 1.165) is 29.7 Å². The molecule has 4 heteroatoms. The number of hydrogen-bond acceptors (Lipinski definition) is 3. The molecule has 1 fully saturated rings. The first-order chi connectivity index (χ1) is 8.16. The molecule has 0 spiro atoms. The molecule has 3 rings (SSSR count). The predicted molar refractivity (Wildman–Crippen MR) is 62.5 cm³/mol. The average Bonchev–Trinajstić information content (AvgIpc) is 3.04. The van der Waals surface area contributed by atoms with E-state index in [4.69, 9.17) is 0 Å². The lowest BCUT2D eigenvalue weighted by Crippen LogP contribution is -2.08. The third kappa shape index (κ3) is 1.41. The van der Waals surface area contributed by atoms with E-state index in [1.54, 1.807) is 6.08 Å². The molecule has 0 radical (unpaired) electrons. The van der Waals surface area contributed by atoms with Crippen LogP contribution < -0.4 is 5.32 Å². The van der Waals surface area contributed by atoms with Gasteiger partial charge in [-0.25, -0.2) is 4.79 Å². The van der Waals surface area contributed by atoms with Crippen LogP contribution in [0.1, 0.15) is 36.8 Å². The normalized spacial score (nSPS) is 23.6. The predicted octanol–water partition coefficient (Wildman–Crippen LogP) is 2.07. The number of aliphatic imine (C=N–C) groups is 1. The standard InChI is InChI=1S/C13H12N2O2/c1-8-10-6-9(13(4-5-13)14-7-16)2-3-11(10)15-12(8)17/h2-3,6,8H,4-5H2,1H3,(H,15,17). The van der Waals surface area contributed by atoms with Gasteiger partial charge in [0.25, 0.3) is 0 Å². The molecule has 1 saturated carbocycles. The second-order valence-electron chi connectivity index (χ2n) is 4.75. The number of hydrogen-bond donors (Lipinski definition) is 1. The van der Waals surface area contributed by atoms with E-state index in [1.807, 2.05) is 25.1 Å². The zero-order chi connectivity index (χ0) is 12.0. The van der Waals surface area contributed by atoms with Crippen molar-refractivity contribution < 1.29 is 9.59 Å². The molecular weight excluding hydrogens is 216 g/mol. The van der Waals surface area contributed by atoms with Crippen molar-refractivity contribution in [1.82, 2.24) is 0 Å². The van der Waals surface area contributed by atoms with E-state index in [0.29, 0.717) is 0 Å². The number of isocyanates is 1. The van der Waals surface area contributed by atoms with Gasteiger partial charge in [0.1, 0.15) is 0 Å². The fourth-order valence-electron chi connectivity index (χ4n) is 2.38. The summed E-state index contributed by atoms with van der Waals surface area (Å²) in [6.45, 7) is 1.88. The van der Waals surface area contributed by atoms with Gasteiger partial charge in [0, 0.05) is 5.69 Å². The van der Waals surface area contributed by atoms with E-state index in [2.05, 4.69) is 10.3 Å². The van der Waals surface area contributed by atoms with Gasteiger partial charge in [-0.1, -0.05) is 12.1 Å². The fourth-order valence-corrected chi connectivity index (χ4v) is 2.38. The molecule has 1 aromatic carbocycles. The number of rotatable bonds is 2. The summed E-state index contributed by atoms with van der Waals surface area (Å²) in [7, 11) is 0. The number of fused-ring (bicyclic) bond motifs is 1. The van der Waals surface area contributed by atoms with Crippen LogP contribution in [0, 0.1) is 0 Å². The van der Waals surface area contributed by atoms with Crippen molar-refractivity contribution in [3.05, 3.63) is 29.3 Å². The SMILES string of the molecule is CC1C(=O)Nc2ccc(C3(N=C=O)CC3)cc21. The molecule has 1 aromatic rings. The molecule has 1 aliphatic heterocycles. The van der Waals surface area contributed by atoms with Gasteiger partial charge >= 0.3 is 0 Å². The third-order valence-corrected chi connectivity index (χ3v) is 3.69. The van der Waals surface area contributed by atoms with Crippen LogP contribution in [0.2, 0.25) is 0 Å². The van der Waals surface area contributed by atoms with Crippen molar-refractivity contribution in [1.29, 1.82) is 0 Å². The van der Waals surface area contributed by atoms with Crippen LogP contribution in [-0.2, 0) is 15.1 Å². The largest absolute Gasteiger partial charge is 0.325 e. The molecule has 2 aliphatic rings. The van der Waals surface area contributed by atoms with Crippen LogP contribution in [0.3, 0.4) is 0 Å². The van der Waals surface area contributed by atoms with Crippen LogP contribution in [-0.4, -0.2) is 12.0 Å². The highest BCUT2D eigenvalue weighted by Gasteiger charge is 2.45. The lowest BCUT2D eigenvalue weighted by atomic mass is 9.96. The number of benzene rings is 1. The highest BCUT2D eigenvalue weighted by molar-refractivity contribution is 6.02. The lowest BCUT2D eigenvalue weighted by Gasteiger charge is -2.10. The van der Waals surface area contributed by atoms with Crippen molar-refractivity contribution in [2.45, 2.75) is 31.2 Å². The van der Waals surface area contributed by atoms with Gasteiger partial charge in [-0.3, -0.25) is 4.79 Å². The molecule has 4 nitrogen and oxygen atoms in total. The van der Waals surface area contributed by atoms with Gasteiger partial charge in [-0.05, 0) is 37.0 Å². The first-order valence-corrected chi connectivity index (χ1v) is 5.71. The third-order valence-electron chi connectivity index (χ3n) is 3.69. The van der Waals surface area contributed by atoms with Crippen molar-refractivity contribution in [2.24, 2.45) is 4.99 Å². The van der Waals surface area contributed by atoms with Crippen LogP contribution in [0.25, 0.3) is 0 Å². The van der Waals surface area contributed by atoms with Crippen LogP contribution in [0.4, 0.5) is 5.69 Å². The quantitative estimate of drug-likeness (QED) is 0.622. The van der Waals surface area contributed by atoms with E-state index in [9.17, 15) is 9.59 Å². The first-order valence-electron chi connectivity index (χ1n) is 5.71. The molecule has 1 aliphatic carbocycles. The molecular formula is C13H12N2O2. The van der Waals surface area contributed by atoms with Gasteiger partial charge in [0.05, 0.1) is 11.5 Å². The number of carbonyl (C=O) groups excluding carboxylic acids is 2. The summed E-state index contributed by atoms with van der Waals surface area (Å²) >= 11 is 0. The molecule has 1 heterocycles. The van der Waals surface area contributed by atoms with Gasteiger partial charge < -0.3 is 5.32 Å². The summed E-state index contributed by atoms with van der Waals surface area (Å²) in [5.41, 5.74) is 2.53. The fraction of sp³-hybridized carbons (Fsp3) is 0.385. The summed E-state index contributed by atoms with van der Waals surface area (Å²) in [4.78, 5) is 25.9. The zero-order valence-electron chi connectivity index (χ0n) is 9.49. The molecule has 0 bridgehead atoms. The van der Waals surface area contributed by atoms with Crippen molar-refractivity contribution in [2.75, 3.05) is 5.32 Å². The van der Waals surface area contributed by atoms with Crippen molar-refractivity contribution in [3.63, 3.8) is 0 Å². The Morgan fingerprint density at radius 3 is 2.88 bits per heavy atom. The first kappa shape index (κ1) is 10.2. The monoisotopic (exact) mass is 228 g/mol. The molecule has 1 N–H and O–H groups in total. The average molecular weight is 228 g/mol. The molecule has 0 saturated heterocycles. The van der Waals surface area contributed by atoms with E-state index < -0.39 is 0 Å². The van der Waals surface area contributed by atoms with Crippen molar-refractivity contribution >= 4 is 17.7 Å². The number of nitrogens with one attached hydrogen (secondary N) is 1. The summed E-state index contributed by atoms with van der Waals surface area (Å²) in [6.07, 6.45) is 3.42. The van der Waals surface area contributed by atoms with Crippen molar-refractivity contribution in [3.8, 4) is 0 Å². The summed E-state index contributed by atoms with van der Waals surface area (Å²) in [5.74, 6) is -0.0955. The number of nitrogens with zero attached hydrogens (tertiary/aromatic N) is 1. The Hall–Kier alpha value is -1.93. The lowest BCUT2D eigenvalue weighted by molar-refractivity contribution is -0.116. The summed E-state index contributed by atoms with van der Waals surface area (Å²) < 4.78 is 0. The Morgan fingerprint density at radius 2 is 2.24 bits per heavy atom. The summed E-state index contributed by atoms with van der Waals surface area (Å²) in [5, 5.41) is 2.83. The smallest absolute Gasteiger partial charge is 0.235 e. The van der Waals surface area contributed by atoms with Gasteiger partial charge in [-0.15, -0.1) is 0 Å². The van der Waals surface area contributed by atoms with E-state index >= 15 is 0 Å². The minimum absolute atomic E-state index is 0.0286. The molecule has 17 heavy (non-hydrogen) atoms. The van der Waals surface area contributed by atoms with Gasteiger partial charge in [0.15, 0.2) is 0 Å². The zero-order valence-corrected chi connectivity index (χ0v) is 9.49. The number of amides is 1. The molecule has 1 amide bonds. The molecule has 86 valence electrons. The van der Waals surface area contributed by atoms with Crippen LogP contribution in [0.5, 0.6) is 0 Å². The second kappa shape index (κ2) is 3.28. The van der Waals surface area contributed by atoms with Crippen LogP contribution >= 0.6 is 0 Å². The van der Waals surface area contributed by atoms with Gasteiger partial charge in [0.2, 0.25) is 12.0 Å². The molecule has 1 unspecified atom stereocenters. The Morgan fingerprint density at radius 1 is 1.47 bits per heavy atom. The minimum Gasteiger partial charge on any atom is -0.325 e. The molecule has 1 atom stereocenters. The van der Waals surface area contributed by atoms with E-state index in [1.165, 1.54) is 0 Å². The topological polar surface area (TPSA) is 58.5 Å².